The molecule has 27 heavy (non-hydrogen) atoms. The molecule has 0 radical (unpaired) electrons. The van der Waals surface area contributed by atoms with Crippen molar-refractivity contribution in [3.8, 4) is 0 Å². The van der Waals surface area contributed by atoms with E-state index in [4.69, 9.17) is 11.6 Å². The Hall–Kier alpha value is -1.86. The van der Waals surface area contributed by atoms with Gasteiger partial charge in [-0.3, -0.25) is 0 Å². The van der Waals surface area contributed by atoms with Crippen molar-refractivity contribution in [2.24, 2.45) is 4.99 Å². The topological polar surface area (TPSA) is 18.8 Å². The Balaban J connectivity index is 2.24. The number of halogens is 4. The minimum absolute atomic E-state index is 0.125. The van der Waals surface area contributed by atoms with E-state index in [-0.39, 0.29) is 16.7 Å². The summed E-state index contributed by atoms with van der Waals surface area (Å²) < 4.78 is 37.4. The number of thioether (sulfide) groups is 1. The molecule has 2 aromatic rings. The fourth-order valence-electron chi connectivity index (χ4n) is 2.37. The van der Waals surface area contributed by atoms with Crippen LogP contribution in [0.3, 0.4) is 0 Å². The van der Waals surface area contributed by atoms with E-state index in [1.54, 1.807) is 18.5 Å². The van der Waals surface area contributed by atoms with Crippen LogP contribution in [0.1, 0.15) is 12.5 Å². The number of hydrogen-bond donors (Lipinski definition) is 0. The average Bonchev–Trinajstić information content (AvgIpc) is 2.60. The Labute approximate surface area is 166 Å². The highest BCUT2D eigenvalue weighted by Crippen LogP contribution is 2.39. The van der Waals surface area contributed by atoms with Gasteiger partial charge in [0.1, 0.15) is 0 Å². The molecule has 0 amide bonds. The van der Waals surface area contributed by atoms with Gasteiger partial charge in [0.2, 0.25) is 0 Å². The van der Waals surface area contributed by atoms with E-state index in [0.29, 0.717) is 10.7 Å². The van der Waals surface area contributed by atoms with Gasteiger partial charge in [-0.25, -0.2) is 4.99 Å². The van der Waals surface area contributed by atoms with Crippen LogP contribution < -0.4 is 4.90 Å². The third-order valence-corrected chi connectivity index (χ3v) is 5.02. The van der Waals surface area contributed by atoms with Crippen molar-refractivity contribution < 1.29 is 13.2 Å². The van der Waals surface area contributed by atoms with Gasteiger partial charge in [-0.15, -0.1) is 0 Å². The third-order valence-electron chi connectivity index (χ3n) is 3.98. The SMILES string of the molecule is CCN(C)C=Nc1cc(C)c(N(C)c2ccc(SC(F)(F)F)cc2)cc1Cl. The lowest BCUT2D eigenvalue weighted by Crippen LogP contribution is -2.14. The Morgan fingerprint density at radius 1 is 1.15 bits per heavy atom. The van der Waals surface area contributed by atoms with Crippen LogP contribution in [0.15, 0.2) is 46.3 Å². The Kier molecular flexibility index (Phi) is 7.06. The van der Waals surface area contributed by atoms with Crippen molar-refractivity contribution >= 4 is 46.8 Å². The number of aryl methyl sites for hydroxylation is 1. The smallest absolute Gasteiger partial charge is 0.366 e. The normalized spacial score (nSPS) is 11.9. The van der Waals surface area contributed by atoms with Gasteiger partial charge in [0.15, 0.2) is 0 Å². The van der Waals surface area contributed by atoms with E-state index in [1.807, 2.05) is 49.9 Å². The van der Waals surface area contributed by atoms with Gasteiger partial charge in [0, 0.05) is 36.9 Å². The number of anilines is 2. The second-order valence-electron chi connectivity index (χ2n) is 6.01. The minimum atomic E-state index is -4.29. The van der Waals surface area contributed by atoms with Gasteiger partial charge in [0.05, 0.1) is 17.0 Å². The molecule has 0 atom stereocenters. The van der Waals surface area contributed by atoms with Gasteiger partial charge in [0.25, 0.3) is 0 Å². The average molecular weight is 416 g/mol. The molecule has 0 spiro atoms. The van der Waals surface area contributed by atoms with Crippen molar-refractivity contribution in [3.05, 3.63) is 47.0 Å². The molecule has 0 unspecified atom stereocenters. The zero-order valence-electron chi connectivity index (χ0n) is 15.5. The molecule has 0 N–H and O–H groups in total. The second-order valence-corrected chi connectivity index (χ2v) is 7.55. The Morgan fingerprint density at radius 3 is 2.33 bits per heavy atom. The van der Waals surface area contributed by atoms with Crippen LogP contribution in [0, 0.1) is 6.92 Å². The third kappa shape index (κ3) is 6.07. The van der Waals surface area contributed by atoms with E-state index in [9.17, 15) is 13.2 Å². The first-order valence-electron chi connectivity index (χ1n) is 8.25. The molecule has 3 nitrogen and oxygen atoms in total. The maximum atomic E-state index is 12.5. The highest BCUT2D eigenvalue weighted by molar-refractivity contribution is 8.00. The van der Waals surface area contributed by atoms with E-state index >= 15 is 0 Å². The standard InChI is InChI=1S/C19H21ClF3N3S/c1-5-25(3)12-24-17-10-13(2)18(11-16(17)20)26(4)14-6-8-15(9-7-14)27-19(21,22)23/h6-12H,5H2,1-4H3. The molecule has 0 aliphatic heterocycles. The number of hydrogen-bond acceptors (Lipinski definition) is 3. The van der Waals surface area contributed by atoms with Crippen LogP contribution in [-0.4, -0.2) is 37.4 Å². The quantitative estimate of drug-likeness (QED) is 0.299. The van der Waals surface area contributed by atoms with Crippen LogP contribution >= 0.6 is 23.4 Å². The van der Waals surface area contributed by atoms with Gasteiger partial charge in [-0.05, 0) is 67.6 Å². The summed E-state index contributed by atoms with van der Waals surface area (Å²) >= 11 is 6.24. The fraction of sp³-hybridized carbons (Fsp3) is 0.316. The zero-order chi connectivity index (χ0) is 20.2. The number of nitrogens with zero attached hydrogens (tertiary/aromatic N) is 3. The van der Waals surface area contributed by atoms with Crippen molar-refractivity contribution in [1.29, 1.82) is 0 Å². The molecule has 0 aliphatic rings. The largest absolute Gasteiger partial charge is 0.446 e. The summed E-state index contributed by atoms with van der Waals surface area (Å²) in [6.07, 6.45) is 1.72. The van der Waals surface area contributed by atoms with Gasteiger partial charge in [-0.1, -0.05) is 11.6 Å². The minimum Gasteiger partial charge on any atom is -0.366 e. The molecule has 0 heterocycles. The van der Waals surface area contributed by atoms with Crippen molar-refractivity contribution in [2.45, 2.75) is 24.3 Å². The van der Waals surface area contributed by atoms with Crippen LogP contribution in [0.5, 0.6) is 0 Å². The number of aliphatic imine (C=N–C) groups is 1. The summed E-state index contributed by atoms with van der Waals surface area (Å²) in [5.41, 5.74) is -1.04. The van der Waals surface area contributed by atoms with Crippen molar-refractivity contribution in [1.82, 2.24) is 4.90 Å². The van der Waals surface area contributed by atoms with Crippen LogP contribution in [0.2, 0.25) is 5.02 Å². The lowest BCUT2D eigenvalue weighted by atomic mass is 10.1. The summed E-state index contributed by atoms with van der Waals surface area (Å²) in [5, 5.41) is 0.507. The van der Waals surface area contributed by atoms with Gasteiger partial charge in [-0.2, -0.15) is 13.2 Å². The predicted molar refractivity (Wildman–Crippen MR) is 109 cm³/mol. The number of alkyl halides is 3. The summed E-state index contributed by atoms with van der Waals surface area (Å²) in [6, 6.07) is 9.93. The van der Waals surface area contributed by atoms with E-state index in [2.05, 4.69) is 4.99 Å². The Bertz CT molecular complexity index is 807. The maximum Gasteiger partial charge on any atom is 0.446 e. The molecule has 146 valence electrons. The van der Waals surface area contributed by atoms with Gasteiger partial charge >= 0.3 is 5.51 Å². The lowest BCUT2D eigenvalue weighted by Gasteiger charge is -2.23. The first-order chi connectivity index (χ1) is 12.6. The highest BCUT2D eigenvalue weighted by Gasteiger charge is 2.29. The molecular formula is C19H21ClF3N3S. The monoisotopic (exact) mass is 415 g/mol. The first-order valence-corrected chi connectivity index (χ1v) is 9.44. The van der Waals surface area contributed by atoms with Gasteiger partial charge < -0.3 is 9.80 Å². The highest BCUT2D eigenvalue weighted by atomic mass is 35.5. The first kappa shape index (κ1) is 21.4. The lowest BCUT2D eigenvalue weighted by molar-refractivity contribution is -0.0328. The van der Waals surface area contributed by atoms with Crippen LogP contribution in [-0.2, 0) is 0 Å². The van der Waals surface area contributed by atoms with E-state index in [1.165, 1.54) is 12.1 Å². The summed E-state index contributed by atoms with van der Waals surface area (Å²) in [4.78, 5) is 8.37. The van der Waals surface area contributed by atoms with Crippen molar-refractivity contribution in [2.75, 3.05) is 25.5 Å². The molecule has 2 rings (SSSR count). The van der Waals surface area contributed by atoms with Crippen LogP contribution in [0.25, 0.3) is 0 Å². The molecule has 8 heteroatoms. The van der Waals surface area contributed by atoms with E-state index < -0.39 is 5.51 Å². The molecule has 0 bridgehead atoms. The summed E-state index contributed by atoms with van der Waals surface area (Å²) in [5.74, 6) is 0. The maximum absolute atomic E-state index is 12.5. The molecule has 0 aromatic heterocycles. The molecular weight excluding hydrogens is 395 g/mol. The van der Waals surface area contributed by atoms with Crippen molar-refractivity contribution in [3.63, 3.8) is 0 Å². The molecule has 0 fully saturated rings. The molecule has 2 aromatic carbocycles. The van der Waals surface area contributed by atoms with Crippen LogP contribution in [0.4, 0.5) is 30.2 Å². The molecule has 0 aliphatic carbocycles. The predicted octanol–water partition coefficient (Wildman–Crippen LogP) is 6.64. The zero-order valence-corrected chi connectivity index (χ0v) is 17.1. The molecule has 0 saturated carbocycles. The number of benzene rings is 2. The second kappa shape index (κ2) is 8.89. The number of rotatable bonds is 6. The summed E-state index contributed by atoms with van der Waals surface area (Å²) in [7, 11) is 3.77. The summed E-state index contributed by atoms with van der Waals surface area (Å²) in [6.45, 7) is 4.80. The fourth-order valence-corrected chi connectivity index (χ4v) is 3.12. The van der Waals surface area contributed by atoms with E-state index in [0.717, 1.165) is 23.5 Å². The Morgan fingerprint density at radius 2 is 1.78 bits per heavy atom. The molecule has 0 saturated heterocycles.